The lowest BCUT2D eigenvalue weighted by Crippen LogP contribution is -2.08. The number of nitrogens with zero attached hydrogens (tertiary/aromatic N) is 3. The van der Waals surface area contributed by atoms with Crippen molar-refractivity contribution in [2.24, 2.45) is 0 Å². The molecular weight excluding hydrogens is 272 g/mol. The van der Waals surface area contributed by atoms with Gasteiger partial charge in [0.05, 0.1) is 27.3 Å². The molecule has 1 aromatic heterocycles. The van der Waals surface area contributed by atoms with Crippen LogP contribution < -0.4 is 10.6 Å². The molecule has 0 radical (unpaired) electrons. The molecular formula is C15H15ClN4. The molecule has 0 unspecified atom stereocenters. The van der Waals surface area contributed by atoms with Crippen molar-refractivity contribution in [2.45, 2.75) is 6.92 Å². The van der Waals surface area contributed by atoms with Crippen LogP contribution in [0, 0.1) is 6.92 Å². The molecule has 3 aromatic rings. The van der Waals surface area contributed by atoms with Crippen LogP contribution in [0.25, 0.3) is 22.1 Å². The van der Waals surface area contributed by atoms with Crippen LogP contribution in [0.1, 0.15) is 5.56 Å². The topological polar surface area (TPSA) is 55.0 Å². The van der Waals surface area contributed by atoms with E-state index < -0.39 is 0 Å². The van der Waals surface area contributed by atoms with E-state index in [-0.39, 0.29) is 0 Å². The van der Waals surface area contributed by atoms with Crippen LogP contribution in [-0.4, -0.2) is 24.1 Å². The summed E-state index contributed by atoms with van der Waals surface area (Å²) in [7, 11) is 3.99. The molecule has 1 heterocycles. The van der Waals surface area contributed by atoms with Gasteiger partial charge in [0.1, 0.15) is 5.52 Å². The van der Waals surface area contributed by atoms with Gasteiger partial charge in [0.2, 0.25) is 0 Å². The minimum absolute atomic E-state index is 0.478. The maximum absolute atomic E-state index is 6.28. The highest BCUT2D eigenvalue weighted by molar-refractivity contribution is 6.37. The second-order valence-corrected chi connectivity index (χ2v) is 5.46. The van der Waals surface area contributed by atoms with Crippen LogP contribution in [0.15, 0.2) is 24.3 Å². The Morgan fingerprint density at radius 3 is 2.50 bits per heavy atom. The van der Waals surface area contributed by atoms with Crippen LogP contribution in [0.5, 0.6) is 0 Å². The van der Waals surface area contributed by atoms with Crippen molar-refractivity contribution in [2.75, 3.05) is 24.7 Å². The van der Waals surface area contributed by atoms with Crippen LogP contribution in [0.4, 0.5) is 11.4 Å². The normalized spacial score (nSPS) is 11.2. The standard InChI is InChI=1S/C15H15ClN4/c1-8-6-12-15(13(16)14(8)17)19-10-5-4-9(20(2)3)7-11(10)18-12/h4-7H,17H2,1-3H3. The predicted molar refractivity (Wildman–Crippen MR) is 85.5 cm³/mol. The average molecular weight is 287 g/mol. The molecule has 0 amide bonds. The predicted octanol–water partition coefficient (Wildman–Crippen LogP) is 3.39. The fourth-order valence-corrected chi connectivity index (χ4v) is 2.47. The Morgan fingerprint density at radius 2 is 1.80 bits per heavy atom. The van der Waals surface area contributed by atoms with E-state index in [4.69, 9.17) is 17.3 Å². The number of fused-ring (bicyclic) bond motifs is 2. The first kappa shape index (κ1) is 12.9. The lowest BCUT2D eigenvalue weighted by atomic mass is 10.1. The van der Waals surface area contributed by atoms with Crippen LogP contribution in [-0.2, 0) is 0 Å². The summed E-state index contributed by atoms with van der Waals surface area (Å²) in [5, 5.41) is 0.478. The van der Waals surface area contributed by atoms with E-state index in [1.165, 1.54) is 0 Å². The number of halogens is 1. The average Bonchev–Trinajstić information content (AvgIpc) is 2.42. The Labute approximate surface area is 122 Å². The highest BCUT2D eigenvalue weighted by Crippen LogP contribution is 2.31. The van der Waals surface area contributed by atoms with E-state index >= 15 is 0 Å². The van der Waals surface area contributed by atoms with Gasteiger partial charge in [-0.1, -0.05) is 11.6 Å². The molecule has 0 aliphatic heterocycles. The zero-order valence-electron chi connectivity index (χ0n) is 11.6. The van der Waals surface area contributed by atoms with Crippen molar-refractivity contribution in [3.63, 3.8) is 0 Å². The smallest absolute Gasteiger partial charge is 0.110 e. The summed E-state index contributed by atoms with van der Waals surface area (Å²) in [5.41, 5.74) is 11.6. The second kappa shape index (κ2) is 4.49. The number of aromatic nitrogens is 2. The maximum atomic E-state index is 6.28. The van der Waals surface area contributed by atoms with Crippen LogP contribution >= 0.6 is 11.6 Å². The second-order valence-electron chi connectivity index (χ2n) is 5.08. The molecule has 0 fully saturated rings. The number of rotatable bonds is 1. The van der Waals surface area contributed by atoms with Gasteiger partial charge in [-0.3, -0.25) is 0 Å². The number of nitrogen functional groups attached to an aromatic ring is 1. The van der Waals surface area contributed by atoms with Crippen molar-refractivity contribution < 1.29 is 0 Å². The summed E-state index contributed by atoms with van der Waals surface area (Å²) in [6, 6.07) is 7.89. The number of anilines is 2. The molecule has 0 saturated heterocycles. The third-order valence-corrected chi connectivity index (χ3v) is 3.80. The fourth-order valence-electron chi connectivity index (χ4n) is 2.18. The summed E-state index contributed by atoms with van der Waals surface area (Å²) < 4.78 is 0. The molecule has 5 heteroatoms. The molecule has 0 bridgehead atoms. The summed E-state index contributed by atoms with van der Waals surface area (Å²) in [5.74, 6) is 0. The zero-order chi connectivity index (χ0) is 14.4. The zero-order valence-corrected chi connectivity index (χ0v) is 12.4. The highest BCUT2D eigenvalue weighted by atomic mass is 35.5. The van der Waals surface area contributed by atoms with Crippen molar-refractivity contribution in [3.05, 3.63) is 34.9 Å². The molecule has 0 atom stereocenters. The molecule has 4 nitrogen and oxygen atoms in total. The third kappa shape index (κ3) is 1.93. The van der Waals surface area contributed by atoms with E-state index in [0.717, 1.165) is 27.8 Å². The van der Waals surface area contributed by atoms with Crippen LogP contribution in [0.2, 0.25) is 5.02 Å². The molecule has 102 valence electrons. The number of aryl methyl sites for hydroxylation is 1. The Balaban J connectivity index is 2.37. The van der Waals surface area contributed by atoms with Crippen molar-refractivity contribution in [1.82, 2.24) is 9.97 Å². The molecule has 3 rings (SSSR count). The Morgan fingerprint density at radius 1 is 1.05 bits per heavy atom. The molecule has 2 aromatic carbocycles. The lowest BCUT2D eigenvalue weighted by Gasteiger charge is -2.13. The molecule has 0 spiro atoms. The largest absolute Gasteiger partial charge is 0.397 e. The van der Waals surface area contributed by atoms with Gasteiger partial charge in [-0.2, -0.15) is 0 Å². The van der Waals surface area contributed by atoms with Gasteiger partial charge in [0, 0.05) is 19.8 Å². The van der Waals surface area contributed by atoms with E-state index in [9.17, 15) is 0 Å². The third-order valence-electron chi connectivity index (χ3n) is 3.41. The van der Waals surface area contributed by atoms with Gasteiger partial charge in [-0.05, 0) is 36.8 Å². The van der Waals surface area contributed by atoms with Crippen molar-refractivity contribution in [1.29, 1.82) is 0 Å². The molecule has 0 aliphatic rings. The van der Waals surface area contributed by atoms with Gasteiger partial charge in [-0.15, -0.1) is 0 Å². The van der Waals surface area contributed by atoms with Gasteiger partial charge in [0.15, 0.2) is 0 Å². The summed E-state index contributed by atoms with van der Waals surface area (Å²) in [4.78, 5) is 11.3. The molecule has 0 saturated carbocycles. The summed E-state index contributed by atoms with van der Waals surface area (Å²) >= 11 is 6.28. The number of nitrogens with two attached hydrogens (primary N) is 1. The molecule has 2 N–H and O–H groups in total. The monoisotopic (exact) mass is 286 g/mol. The van der Waals surface area contributed by atoms with Gasteiger partial charge in [0.25, 0.3) is 0 Å². The van der Waals surface area contributed by atoms with E-state index in [2.05, 4.69) is 9.97 Å². The van der Waals surface area contributed by atoms with Crippen molar-refractivity contribution in [3.8, 4) is 0 Å². The quantitative estimate of drug-likeness (QED) is 0.550. The molecule has 20 heavy (non-hydrogen) atoms. The van der Waals surface area contributed by atoms with Gasteiger partial charge >= 0.3 is 0 Å². The fraction of sp³-hybridized carbons (Fsp3) is 0.200. The minimum atomic E-state index is 0.478. The van der Waals surface area contributed by atoms with Gasteiger partial charge < -0.3 is 10.6 Å². The Kier molecular flexibility index (Phi) is 2.91. The maximum Gasteiger partial charge on any atom is 0.110 e. The minimum Gasteiger partial charge on any atom is -0.397 e. The number of benzene rings is 2. The lowest BCUT2D eigenvalue weighted by molar-refractivity contribution is 1.13. The first-order chi connectivity index (χ1) is 9.47. The SMILES string of the molecule is Cc1cc2nc3cc(N(C)C)ccc3nc2c(Cl)c1N. The first-order valence-corrected chi connectivity index (χ1v) is 6.68. The Bertz CT molecular complexity index is 827. The van der Waals surface area contributed by atoms with E-state index in [0.29, 0.717) is 16.2 Å². The van der Waals surface area contributed by atoms with Crippen LogP contribution in [0.3, 0.4) is 0 Å². The van der Waals surface area contributed by atoms with Gasteiger partial charge in [-0.25, -0.2) is 9.97 Å². The first-order valence-electron chi connectivity index (χ1n) is 6.31. The van der Waals surface area contributed by atoms with Crippen molar-refractivity contribution >= 4 is 45.0 Å². The Hall–Kier alpha value is -2.07. The highest BCUT2D eigenvalue weighted by Gasteiger charge is 2.11. The molecule has 0 aliphatic carbocycles. The summed E-state index contributed by atoms with van der Waals surface area (Å²) in [6.07, 6.45) is 0. The van der Waals surface area contributed by atoms with E-state index in [1.54, 1.807) is 0 Å². The number of hydrogen-bond donors (Lipinski definition) is 1. The van der Waals surface area contributed by atoms with E-state index in [1.807, 2.05) is 50.2 Å². The summed E-state index contributed by atoms with van der Waals surface area (Å²) in [6.45, 7) is 1.92. The number of hydrogen-bond acceptors (Lipinski definition) is 4.